The minimum absolute atomic E-state index is 0.386. The van der Waals surface area contributed by atoms with Crippen molar-refractivity contribution in [3.8, 4) is 40.6 Å². The van der Waals surface area contributed by atoms with Gasteiger partial charge < -0.3 is 14.8 Å². The summed E-state index contributed by atoms with van der Waals surface area (Å²) in [6.45, 7) is 0. The van der Waals surface area contributed by atoms with Gasteiger partial charge >= 0.3 is 0 Å². The molecule has 0 aliphatic rings. The predicted octanol–water partition coefficient (Wildman–Crippen LogP) is 6.65. The average molecular weight is 476 g/mol. The number of nitriles is 2. The summed E-state index contributed by atoms with van der Waals surface area (Å²) in [4.78, 5) is 9.16. The number of aromatic nitrogens is 2. The number of thiophene rings is 1. The lowest BCUT2D eigenvalue weighted by Crippen LogP contribution is -1.99. The van der Waals surface area contributed by atoms with Crippen molar-refractivity contribution in [2.75, 3.05) is 12.4 Å². The monoisotopic (exact) mass is 475 g/mol. The molecule has 0 atom stereocenters. The van der Waals surface area contributed by atoms with E-state index in [1.807, 2.05) is 41.8 Å². The van der Waals surface area contributed by atoms with Crippen LogP contribution in [-0.2, 0) is 0 Å². The molecule has 5 aromatic rings. The fraction of sp³-hybridized carbons (Fsp3) is 0.0370. The standard InChI is InChI=1S/C27H17N5O2S/c1-33-24-14-21(10-11-22(24)19-6-2-17(15-28)3-7-19)34-26-25-23(12-13-35-25)31-27(32-26)30-20-8-4-18(16-29)5-9-20/h2-14H,1H3,(H,30,31,32). The third kappa shape index (κ3) is 4.60. The van der Waals surface area contributed by atoms with Gasteiger partial charge in [-0.1, -0.05) is 12.1 Å². The maximum absolute atomic E-state index is 9.04. The lowest BCUT2D eigenvalue weighted by atomic mass is 10.0. The normalized spacial score (nSPS) is 10.4. The number of nitrogens with zero attached hydrogens (tertiary/aromatic N) is 4. The van der Waals surface area contributed by atoms with Gasteiger partial charge in [0.05, 0.1) is 35.9 Å². The fourth-order valence-corrected chi connectivity index (χ4v) is 4.28. The summed E-state index contributed by atoms with van der Waals surface area (Å²) in [5.74, 6) is 2.02. The molecule has 5 rings (SSSR count). The third-order valence-corrected chi connectivity index (χ3v) is 6.15. The Hall–Kier alpha value is -4.92. The van der Waals surface area contributed by atoms with Crippen molar-refractivity contribution in [3.63, 3.8) is 0 Å². The molecule has 7 nitrogen and oxygen atoms in total. The van der Waals surface area contributed by atoms with E-state index in [9.17, 15) is 0 Å². The molecular weight excluding hydrogens is 458 g/mol. The topological polar surface area (TPSA) is 104 Å². The fourth-order valence-electron chi connectivity index (χ4n) is 3.53. The molecule has 0 spiro atoms. The number of nitrogens with one attached hydrogen (secondary N) is 1. The van der Waals surface area contributed by atoms with Crippen LogP contribution in [0.15, 0.2) is 78.2 Å². The van der Waals surface area contributed by atoms with Crippen LogP contribution in [0.25, 0.3) is 21.3 Å². The van der Waals surface area contributed by atoms with Gasteiger partial charge in [-0.3, -0.25) is 0 Å². The zero-order chi connectivity index (χ0) is 24.2. The number of methoxy groups -OCH3 is 1. The van der Waals surface area contributed by atoms with Crippen molar-refractivity contribution in [1.29, 1.82) is 10.5 Å². The zero-order valence-corrected chi connectivity index (χ0v) is 19.3. The molecule has 0 saturated carbocycles. The Bertz CT molecular complexity index is 1600. The van der Waals surface area contributed by atoms with Crippen LogP contribution in [0, 0.1) is 22.7 Å². The summed E-state index contributed by atoms with van der Waals surface area (Å²) < 4.78 is 12.6. The van der Waals surface area contributed by atoms with Gasteiger partial charge in [-0.25, -0.2) is 4.98 Å². The first-order chi connectivity index (χ1) is 17.2. The highest BCUT2D eigenvalue weighted by Crippen LogP contribution is 2.37. The SMILES string of the molecule is COc1cc(Oc2nc(Nc3ccc(C#N)cc3)nc3ccsc23)ccc1-c1ccc(C#N)cc1. The van der Waals surface area contributed by atoms with Crippen LogP contribution in [0.1, 0.15) is 11.1 Å². The Balaban J connectivity index is 1.46. The minimum atomic E-state index is 0.386. The van der Waals surface area contributed by atoms with E-state index in [-0.39, 0.29) is 0 Å². The predicted molar refractivity (Wildman–Crippen MR) is 135 cm³/mol. The second-order valence-electron chi connectivity index (χ2n) is 7.45. The molecule has 0 aliphatic heterocycles. The molecule has 35 heavy (non-hydrogen) atoms. The Morgan fingerprint density at radius 3 is 2.26 bits per heavy atom. The minimum Gasteiger partial charge on any atom is -0.496 e. The Morgan fingerprint density at radius 1 is 0.857 bits per heavy atom. The van der Waals surface area contributed by atoms with E-state index < -0.39 is 0 Å². The molecule has 2 heterocycles. The van der Waals surface area contributed by atoms with Crippen LogP contribution in [0.3, 0.4) is 0 Å². The van der Waals surface area contributed by atoms with Crippen molar-refractivity contribution in [2.45, 2.75) is 0 Å². The summed E-state index contributed by atoms with van der Waals surface area (Å²) in [5, 5.41) is 23.1. The molecule has 0 saturated heterocycles. The Kier molecular flexibility index (Phi) is 5.96. The summed E-state index contributed by atoms with van der Waals surface area (Å²) in [6, 6.07) is 26.1. The van der Waals surface area contributed by atoms with Crippen LogP contribution < -0.4 is 14.8 Å². The first kappa shape index (κ1) is 21.9. The first-order valence-corrected chi connectivity index (χ1v) is 11.4. The highest BCUT2D eigenvalue weighted by Gasteiger charge is 2.14. The molecule has 2 aromatic heterocycles. The number of fused-ring (bicyclic) bond motifs is 1. The van der Waals surface area contributed by atoms with Gasteiger partial charge in [0.15, 0.2) is 0 Å². The number of benzene rings is 3. The zero-order valence-electron chi connectivity index (χ0n) is 18.5. The Labute approximate surface area is 205 Å². The second kappa shape index (κ2) is 9.52. The average Bonchev–Trinajstić information content (AvgIpc) is 3.38. The van der Waals surface area contributed by atoms with Crippen LogP contribution in [0.4, 0.5) is 11.6 Å². The molecule has 8 heteroatoms. The number of hydrogen-bond donors (Lipinski definition) is 1. The van der Waals surface area contributed by atoms with E-state index in [2.05, 4.69) is 27.4 Å². The van der Waals surface area contributed by atoms with E-state index in [1.54, 1.807) is 43.5 Å². The molecule has 0 amide bonds. The summed E-state index contributed by atoms with van der Waals surface area (Å²) in [6.07, 6.45) is 0. The van der Waals surface area contributed by atoms with E-state index in [4.69, 9.17) is 20.0 Å². The molecule has 1 N–H and O–H groups in total. The lowest BCUT2D eigenvalue weighted by Gasteiger charge is -2.13. The van der Waals surface area contributed by atoms with Crippen LogP contribution in [0.5, 0.6) is 17.4 Å². The highest BCUT2D eigenvalue weighted by atomic mass is 32.1. The van der Waals surface area contributed by atoms with Crippen LogP contribution >= 0.6 is 11.3 Å². The summed E-state index contributed by atoms with van der Waals surface area (Å²) in [5.41, 5.74) is 4.52. The molecule has 0 bridgehead atoms. The van der Waals surface area contributed by atoms with Gasteiger partial charge in [0, 0.05) is 17.3 Å². The highest BCUT2D eigenvalue weighted by molar-refractivity contribution is 7.17. The summed E-state index contributed by atoms with van der Waals surface area (Å²) >= 11 is 1.50. The van der Waals surface area contributed by atoms with Crippen molar-refractivity contribution in [1.82, 2.24) is 9.97 Å². The number of ether oxygens (including phenoxy) is 2. The van der Waals surface area contributed by atoms with Crippen molar-refractivity contribution >= 4 is 33.2 Å². The molecule has 0 aliphatic carbocycles. The molecule has 3 aromatic carbocycles. The second-order valence-corrected chi connectivity index (χ2v) is 8.37. The van der Waals surface area contributed by atoms with Crippen molar-refractivity contribution in [2.24, 2.45) is 0 Å². The third-order valence-electron chi connectivity index (χ3n) is 5.26. The van der Waals surface area contributed by atoms with Gasteiger partial charge in [0.1, 0.15) is 16.2 Å². The Morgan fingerprint density at radius 2 is 1.57 bits per heavy atom. The largest absolute Gasteiger partial charge is 0.496 e. The van der Waals surface area contributed by atoms with Gasteiger partial charge in [-0.15, -0.1) is 11.3 Å². The van der Waals surface area contributed by atoms with E-state index in [1.165, 1.54) is 11.3 Å². The van der Waals surface area contributed by atoms with E-state index in [0.29, 0.717) is 34.5 Å². The molecule has 168 valence electrons. The summed E-state index contributed by atoms with van der Waals surface area (Å²) in [7, 11) is 1.61. The quantitative estimate of drug-likeness (QED) is 0.293. The molecule has 0 fully saturated rings. The van der Waals surface area contributed by atoms with Gasteiger partial charge in [-0.05, 0) is 65.5 Å². The van der Waals surface area contributed by atoms with Crippen LogP contribution in [0.2, 0.25) is 0 Å². The molecule has 0 unspecified atom stereocenters. The van der Waals surface area contributed by atoms with Gasteiger partial charge in [0.25, 0.3) is 0 Å². The number of hydrogen-bond acceptors (Lipinski definition) is 8. The van der Waals surface area contributed by atoms with Crippen LogP contribution in [-0.4, -0.2) is 17.1 Å². The first-order valence-electron chi connectivity index (χ1n) is 10.6. The van der Waals surface area contributed by atoms with Gasteiger partial charge in [0.2, 0.25) is 11.8 Å². The van der Waals surface area contributed by atoms with E-state index >= 15 is 0 Å². The van der Waals surface area contributed by atoms with E-state index in [0.717, 1.165) is 27.0 Å². The lowest BCUT2D eigenvalue weighted by molar-refractivity contribution is 0.409. The van der Waals surface area contributed by atoms with Crippen molar-refractivity contribution < 1.29 is 9.47 Å². The number of anilines is 2. The molecule has 0 radical (unpaired) electrons. The maximum atomic E-state index is 9.04. The number of rotatable bonds is 6. The smallest absolute Gasteiger partial charge is 0.242 e. The van der Waals surface area contributed by atoms with Crippen molar-refractivity contribution in [3.05, 3.63) is 89.3 Å². The molecular formula is C27H17N5O2S. The maximum Gasteiger partial charge on any atom is 0.242 e. The van der Waals surface area contributed by atoms with Gasteiger partial charge in [-0.2, -0.15) is 15.5 Å².